The first-order valence-electron chi connectivity index (χ1n) is 13.8. The van der Waals surface area contributed by atoms with Crippen molar-refractivity contribution in [1.29, 1.82) is 0 Å². The molecule has 3 aromatic carbocycles. The van der Waals surface area contributed by atoms with Crippen molar-refractivity contribution in [2.24, 2.45) is 0 Å². The van der Waals surface area contributed by atoms with Crippen molar-refractivity contribution in [3.63, 3.8) is 0 Å². The molecule has 1 aliphatic heterocycles. The molecule has 1 aliphatic rings. The fourth-order valence-corrected chi connectivity index (χ4v) is 6.56. The number of hydrogen-bond acceptors (Lipinski definition) is 8. The Hall–Kier alpha value is -3.44. The Morgan fingerprint density at radius 1 is 0.667 bits per heavy atom. The van der Waals surface area contributed by atoms with Crippen LogP contribution in [0, 0.1) is 0 Å². The van der Waals surface area contributed by atoms with Crippen molar-refractivity contribution >= 4 is 9.84 Å². The molecule has 0 aliphatic carbocycles. The zero-order chi connectivity index (χ0) is 29.2. The molecule has 4 aromatic rings. The number of hydrogen-bond donors (Lipinski definition) is 0. The molecule has 8 nitrogen and oxygen atoms in total. The number of rotatable bonds is 13. The molecule has 5 rings (SSSR count). The molecule has 9 heteroatoms. The highest BCUT2D eigenvalue weighted by atomic mass is 32.2. The van der Waals surface area contributed by atoms with Gasteiger partial charge in [0.25, 0.3) is 0 Å². The lowest BCUT2D eigenvalue weighted by Crippen LogP contribution is -2.62. The van der Waals surface area contributed by atoms with Gasteiger partial charge in [0.05, 0.1) is 26.4 Å². The first-order chi connectivity index (χ1) is 20.6. The van der Waals surface area contributed by atoms with Gasteiger partial charge in [-0.3, -0.25) is 0 Å². The first kappa shape index (κ1) is 30.0. The zero-order valence-electron chi connectivity index (χ0n) is 23.4. The maximum absolute atomic E-state index is 13.9. The van der Waals surface area contributed by atoms with E-state index in [0.717, 1.165) is 16.7 Å². The summed E-state index contributed by atoms with van der Waals surface area (Å²) in [6, 6.07) is 33.9. The second kappa shape index (κ2) is 14.6. The molecule has 0 amide bonds. The van der Waals surface area contributed by atoms with E-state index < -0.39 is 39.7 Å². The van der Waals surface area contributed by atoms with Crippen LogP contribution in [0.3, 0.4) is 0 Å². The largest absolute Gasteiger partial charge is 0.375 e. The lowest BCUT2D eigenvalue weighted by molar-refractivity contribution is -0.249. The van der Waals surface area contributed by atoms with Gasteiger partial charge in [0, 0.05) is 13.3 Å². The maximum atomic E-state index is 13.9. The Balaban J connectivity index is 1.47. The molecule has 5 atom stereocenters. The van der Waals surface area contributed by atoms with Crippen LogP contribution in [0.2, 0.25) is 0 Å². The van der Waals surface area contributed by atoms with Crippen LogP contribution in [0.5, 0.6) is 0 Å². The molecular formula is C33H35NO7S. The molecule has 0 bridgehead atoms. The highest BCUT2D eigenvalue weighted by Gasteiger charge is 2.53. The maximum Gasteiger partial charge on any atom is 0.225 e. The van der Waals surface area contributed by atoms with Gasteiger partial charge in [-0.25, -0.2) is 13.4 Å². The Morgan fingerprint density at radius 3 is 1.71 bits per heavy atom. The molecular weight excluding hydrogens is 554 g/mol. The summed E-state index contributed by atoms with van der Waals surface area (Å²) >= 11 is 0. The lowest BCUT2D eigenvalue weighted by atomic mass is 9.99. The molecule has 220 valence electrons. The number of aromatic nitrogens is 1. The minimum absolute atomic E-state index is 0.0736. The standard InChI is InChI=1S/C33H35NO7S/c1-37-32-31(40-23-27-17-9-4-10-18-27)30(39-22-26-15-7-3-8-16-26)28(24-38-21-25-13-5-2-6-14-25)41-33(32)42(35,36)29-19-11-12-20-34-29/h2-20,28,30-33H,21-24H2,1H3/t28-,30-,31+,32+,33-/m1/s1. The van der Waals surface area contributed by atoms with Crippen molar-refractivity contribution < 1.29 is 32.1 Å². The summed E-state index contributed by atoms with van der Waals surface area (Å²) in [7, 11) is -2.64. The first-order valence-corrected chi connectivity index (χ1v) is 15.4. The number of sulfone groups is 1. The predicted molar refractivity (Wildman–Crippen MR) is 157 cm³/mol. The summed E-state index contributed by atoms with van der Waals surface area (Å²) in [5.41, 5.74) is 1.47. The second-order valence-corrected chi connectivity index (χ2v) is 12.0. The van der Waals surface area contributed by atoms with E-state index in [9.17, 15) is 8.42 Å². The molecule has 0 saturated carbocycles. The van der Waals surface area contributed by atoms with Crippen LogP contribution in [0.1, 0.15) is 16.7 Å². The van der Waals surface area contributed by atoms with Gasteiger partial charge in [-0.05, 0) is 28.8 Å². The van der Waals surface area contributed by atoms with E-state index in [0.29, 0.717) is 6.61 Å². The molecule has 0 unspecified atom stereocenters. The van der Waals surface area contributed by atoms with Gasteiger partial charge in [-0.15, -0.1) is 0 Å². The quantitative estimate of drug-likeness (QED) is 0.216. The van der Waals surface area contributed by atoms with Crippen molar-refractivity contribution in [2.45, 2.75) is 54.7 Å². The average Bonchev–Trinajstić information content (AvgIpc) is 3.04. The second-order valence-electron chi connectivity index (χ2n) is 9.98. The summed E-state index contributed by atoms with van der Waals surface area (Å²) in [4.78, 5) is 4.11. The average molecular weight is 590 g/mol. The lowest BCUT2D eigenvalue weighted by Gasteiger charge is -2.45. The normalized spacial score (nSPS) is 22.5. The third-order valence-electron chi connectivity index (χ3n) is 7.06. The number of pyridine rings is 1. The van der Waals surface area contributed by atoms with Crippen LogP contribution in [-0.4, -0.2) is 57.0 Å². The monoisotopic (exact) mass is 589 g/mol. The van der Waals surface area contributed by atoms with Crippen molar-refractivity contribution in [1.82, 2.24) is 4.98 Å². The summed E-state index contributed by atoms with van der Waals surface area (Å²) in [6.07, 6.45) is -1.86. The third kappa shape index (κ3) is 7.49. The number of methoxy groups -OCH3 is 1. The van der Waals surface area contributed by atoms with E-state index >= 15 is 0 Å². The number of ether oxygens (including phenoxy) is 5. The van der Waals surface area contributed by atoms with Crippen LogP contribution in [0.15, 0.2) is 120 Å². The van der Waals surface area contributed by atoms with Gasteiger partial charge < -0.3 is 23.7 Å². The van der Waals surface area contributed by atoms with Crippen LogP contribution in [-0.2, 0) is 53.3 Å². The summed E-state index contributed by atoms with van der Waals surface area (Å²) in [5.74, 6) is 0. The van der Waals surface area contributed by atoms with Crippen LogP contribution in [0.25, 0.3) is 0 Å². The van der Waals surface area contributed by atoms with E-state index in [2.05, 4.69) is 4.98 Å². The Labute approximate surface area is 247 Å². The smallest absolute Gasteiger partial charge is 0.225 e. The summed E-state index contributed by atoms with van der Waals surface area (Å²) < 4.78 is 59.0. The zero-order valence-corrected chi connectivity index (χ0v) is 24.2. The third-order valence-corrected chi connectivity index (χ3v) is 8.88. The van der Waals surface area contributed by atoms with Crippen molar-refractivity contribution in [3.05, 3.63) is 132 Å². The van der Waals surface area contributed by atoms with Crippen molar-refractivity contribution in [3.8, 4) is 0 Å². The van der Waals surface area contributed by atoms with E-state index in [-0.39, 0.29) is 24.8 Å². The molecule has 1 saturated heterocycles. The summed E-state index contributed by atoms with van der Waals surface area (Å²) in [5, 5.41) is -0.105. The number of benzene rings is 3. The minimum Gasteiger partial charge on any atom is -0.375 e. The fraction of sp³-hybridized carbons (Fsp3) is 0.303. The van der Waals surface area contributed by atoms with Gasteiger partial charge in [0.1, 0.15) is 24.4 Å². The Bertz CT molecular complexity index is 1460. The Kier molecular flexibility index (Phi) is 10.5. The van der Waals surface area contributed by atoms with Crippen LogP contribution in [0.4, 0.5) is 0 Å². The van der Waals surface area contributed by atoms with Crippen molar-refractivity contribution in [2.75, 3.05) is 13.7 Å². The van der Waals surface area contributed by atoms with Crippen LogP contribution >= 0.6 is 0 Å². The molecule has 1 aromatic heterocycles. The molecule has 2 heterocycles. The highest BCUT2D eigenvalue weighted by molar-refractivity contribution is 7.91. The Morgan fingerprint density at radius 2 is 1.19 bits per heavy atom. The van der Waals surface area contributed by atoms with Gasteiger partial charge in [0.2, 0.25) is 9.84 Å². The van der Waals surface area contributed by atoms with Gasteiger partial charge >= 0.3 is 0 Å². The summed E-state index contributed by atoms with van der Waals surface area (Å²) in [6.45, 7) is 0.894. The fourth-order valence-electron chi connectivity index (χ4n) is 4.94. The minimum atomic E-state index is -4.09. The number of nitrogens with zero attached hydrogens (tertiary/aromatic N) is 1. The molecule has 0 N–H and O–H groups in total. The van der Waals surface area contributed by atoms with E-state index in [4.69, 9.17) is 23.7 Å². The topological polar surface area (TPSA) is 93.2 Å². The highest BCUT2D eigenvalue weighted by Crippen LogP contribution is 2.34. The molecule has 0 radical (unpaired) electrons. The van der Waals surface area contributed by atoms with Gasteiger partial charge in [0.15, 0.2) is 10.5 Å². The predicted octanol–water partition coefficient (Wildman–Crippen LogP) is 4.98. The molecule has 42 heavy (non-hydrogen) atoms. The van der Waals surface area contributed by atoms with Gasteiger partial charge in [-0.2, -0.15) is 0 Å². The van der Waals surface area contributed by atoms with Gasteiger partial charge in [-0.1, -0.05) is 97.1 Å². The SMILES string of the molecule is CO[C@H]1[C@@H](OCc2ccccc2)[C@H](OCc2ccccc2)[C@@H](COCc2ccccc2)O[C@@H]1S(=O)(=O)c1ccccn1. The molecule has 1 fully saturated rings. The van der Waals surface area contributed by atoms with Crippen LogP contribution < -0.4 is 0 Å². The van der Waals surface area contributed by atoms with E-state index in [1.165, 1.54) is 19.4 Å². The van der Waals surface area contributed by atoms with E-state index in [1.54, 1.807) is 12.1 Å². The van der Waals surface area contributed by atoms with E-state index in [1.807, 2.05) is 91.0 Å². The molecule has 0 spiro atoms.